The van der Waals surface area contributed by atoms with Crippen molar-refractivity contribution in [3.05, 3.63) is 60.2 Å². The number of carbonyl (C=O) groups excluding carboxylic acids is 1. The van der Waals surface area contributed by atoms with Crippen LogP contribution in [0.2, 0.25) is 0 Å². The Morgan fingerprint density at radius 3 is 2.33 bits per heavy atom. The average Bonchev–Trinajstić information content (AvgIpc) is 2.59. The van der Waals surface area contributed by atoms with Crippen molar-refractivity contribution in [2.45, 2.75) is 13.0 Å². The molecule has 2 N–H and O–H groups in total. The van der Waals surface area contributed by atoms with Crippen molar-refractivity contribution >= 4 is 16.8 Å². The lowest BCUT2D eigenvalue weighted by Gasteiger charge is -2.09. The highest BCUT2D eigenvalue weighted by atomic mass is 32.2. The first-order valence-electron chi connectivity index (χ1n) is 7.77. The monoisotopic (exact) mass is 346 g/mol. The number of rotatable bonds is 8. The van der Waals surface area contributed by atoms with Gasteiger partial charge in [0.15, 0.2) is 0 Å². The molecule has 0 fully saturated rings. The van der Waals surface area contributed by atoms with Gasteiger partial charge in [0.05, 0.1) is 0 Å². The van der Waals surface area contributed by atoms with Crippen LogP contribution < -0.4 is 15.4 Å². The Bertz CT molecular complexity index is 660. The first kappa shape index (κ1) is 18.0. The molecule has 1 unspecified atom stereocenters. The maximum Gasteiger partial charge on any atom is 0.315 e. The second kappa shape index (κ2) is 9.72. The number of amides is 2. The number of nitrogens with one attached hydrogen (secondary N) is 2. The summed E-state index contributed by atoms with van der Waals surface area (Å²) in [6, 6.07) is 16.9. The van der Waals surface area contributed by atoms with E-state index < -0.39 is 10.8 Å². The average molecular weight is 346 g/mol. The highest BCUT2D eigenvalue weighted by Gasteiger charge is 2.01. The predicted octanol–water partition coefficient (Wildman–Crippen LogP) is 3.05. The Hall–Kier alpha value is -2.34. The Morgan fingerprint density at radius 1 is 1.00 bits per heavy atom. The third-order valence-corrected chi connectivity index (χ3v) is 4.11. The third-order valence-electron chi connectivity index (χ3n) is 3.25. The van der Waals surface area contributed by atoms with Crippen molar-refractivity contribution in [3.63, 3.8) is 0 Å². The van der Waals surface area contributed by atoms with E-state index in [4.69, 9.17) is 4.74 Å². The van der Waals surface area contributed by atoms with Crippen LogP contribution in [-0.2, 0) is 17.3 Å². The van der Waals surface area contributed by atoms with Crippen molar-refractivity contribution in [1.82, 2.24) is 10.6 Å². The van der Waals surface area contributed by atoms with Crippen LogP contribution >= 0.6 is 0 Å². The Kier molecular flexibility index (Phi) is 7.29. The minimum atomic E-state index is -0.815. The molecule has 2 aromatic rings. The molecule has 0 aliphatic carbocycles. The molecular weight excluding hydrogens is 324 g/mol. The van der Waals surface area contributed by atoms with Crippen LogP contribution in [0.5, 0.6) is 11.5 Å². The summed E-state index contributed by atoms with van der Waals surface area (Å²) in [6.07, 6.45) is 2.37. The number of urea groups is 1. The van der Waals surface area contributed by atoms with Crippen LogP contribution in [0.1, 0.15) is 12.0 Å². The number of carbonyl (C=O) groups is 1. The van der Waals surface area contributed by atoms with Gasteiger partial charge < -0.3 is 15.4 Å². The fourth-order valence-electron chi connectivity index (χ4n) is 2.02. The van der Waals surface area contributed by atoms with Crippen LogP contribution in [0.15, 0.2) is 54.6 Å². The van der Waals surface area contributed by atoms with Gasteiger partial charge in [0.1, 0.15) is 11.5 Å². The Labute approximate surface area is 144 Å². The molecule has 2 amide bonds. The maximum atomic E-state index is 11.6. The van der Waals surface area contributed by atoms with E-state index in [0.717, 1.165) is 17.1 Å². The van der Waals surface area contributed by atoms with Gasteiger partial charge in [-0.25, -0.2) is 4.79 Å². The van der Waals surface area contributed by atoms with E-state index in [1.54, 1.807) is 6.26 Å². The first-order chi connectivity index (χ1) is 11.6. The fourth-order valence-corrected chi connectivity index (χ4v) is 2.57. The van der Waals surface area contributed by atoms with Gasteiger partial charge in [-0.05, 0) is 36.2 Å². The van der Waals surface area contributed by atoms with E-state index in [9.17, 15) is 9.00 Å². The van der Waals surface area contributed by atoms with Crippen molar-refractivity contribution in [2.75, 3.05) is 18.6 Å². The smallest absolute Gasteiger partial charge is 0.315 e. The van der Waals surface area contributed by atoms with Gasteiger partial charge in [-0.2, -0.15) is 0 Å². The Morgan fingerprint density at radius 2 is 1.67 bits per heavy atom. The predicted molar refractivity (Wildman–Crippen MR) is 96.7 cm³/mol. The van der Waals surface area contributed by atoms with Crippen molar-refractivity contribution in [2.24, 2.45) is 0 Å². The fraction of sp³-hybridized carbons (Fsp3) is 0.278. The van der Waals surface area contributed by atoms with E-state index in [1.165, 1.54) is 0 Å². The topological polar surface area (TPSA) is 67.4 Å². The van der Waals surface area contributed by atoms with E-state index in [-0.39, 0.29) is 6.03 Å². The molecule has 0 bridgehead atoms. The molecule has 1 atom stereocenters. The maximum absolute atomic E-state index is 11.6. The summed E-state index contributed by atoms with van der Waals surface area (Å²) in [4.78, 5) is 11.6. The zero-order valence-electron chi connectivity index (χ0n) is 13.7. The molecule has 0 aliphatic rings. The standard InChI is InChI=1S/C18H22N2O3S/c1-24(22)13-5-12-19-18(21)20-14-15-8-10-17(11-9-15)23-16-6-3-2-4-7-16/h2-4,6-11H,5,12-14H2,1H3,(H2,19,20,21). The molecule has 5 nitrogen and oxygen atoms in total. The molecule has 0 saturated heterocycles. The number of benzene rings is 2. The number of hydrogen-bond acceptors (Lipinski definition) is 3. The van der Waals surface area contributed by atoms with E-state index in [1.807, 2.05) is 54.6 Å². The molecular formula is C18H22N2O3S. The molecule has 0 heterocycles. The molecule has 0 aromatic heterocycles. The summed E-state index contributed by atoms with van der Waals surface area (Å²) in [5.74, 6) is 2.14. The summed E-state index contributed by atoms with van der Waals surface area (Å²) in [5, 5.41) is 5.53. The Balaban J connectivity index is 1.71. The van der Waals surface area contributed by atoms with Gasteiger partial charge in [-0.15, -0.1) is 0 Å². The van der Waals surface area contributed by atoms with Crippen LogP contribution in [0, 0.1) is 0 Å². The molecule has 2 aromatic carbocycles. The summed E-state index contributed by atoms with van der Waals surface area (Å²) in [6.45, 7) is 0.965. The van der Waals surface area contributed by atoms with Crippen molar-refractivity contribution in [1.29, 1.82) is 0 Å². The minimum Gasteiger partial charge on any atom is -0.457 e. The van der Waals surface area contributed by atoms with Gasteiger partial charge in [-0.3, -0.25) is 4.21 Å². The molecule has 0 radical (unpaired) electrons. The number of para-hydroxylation sites is 1. The molecule has 6 heteroatoms. The van der Waals surface area contributed by atoms with E-state index in [2.05, 4.69) is 10.6 Å². The minimum absolute atomic E-state index is 0.221. The second-order valence-corrected chi connectivity index (χ2v) is 6.85. The molecule has 2 rings (SSSR count). The molecule has 24 heavy (non-hydrogen) atoms. The van der Waals surface area contributed by atoms with E-state index >= 15 is 0 Å². The largest absolute Gasteiger partial charge is 0.457 e. The lowest BCUT2D eigenvalue weighted by Crippen LogP contribution is -2.35. The summed E-state index contributed by atoms with van der Waals surface area (Å²) >= 11 is 0. The summed E-state index contributed by atoms with van der Waals surface area (Å²) in [5.41, 5.74) is 0.986. The van der Waals surface area contributed by atoms with Crippen LogP contribution in [0.4, 0.5) is 4.79 Å². The molecule has 0 saturated carbocycles. The molecule has 128 valence electrons. The lowest BCUT2D eigenvalue weighted by atomic mass is 10.2. The van der Waals surface area contributed by atoms with Gasteiger partial charge in [-0.1, -0.05) is 30.3 Å². The summed E-state index contributed by atoms with van der Waals surface area (Å²) in [7, 11) is -0.815. The van der Waals surface area contributed by atoms with Crippen LogP contribution in [-0.4, -0.2) is 28.8 Å². The van der Waals surface area contributed by atoms with Gasteiger partial charge in [0.2, 0.25) is 0 Å². The van der Waals surface area contributed by atoms with Crippen molar-refractivity contribution in [3.8, 4) is 11.5 Å². The number of ether oxygens (including phenoxy) is 1. The van der Waals surface area contributed by atoms with E-state index in [0.29, 0.717) is 25.3 Å². The SMILES string of the molecule is CS(=O)CCCNC(=O)NCc1ccc(Oc2ccccc2)cc1. The highest BCUT2D eigenvalue weighted by molar-refractivity contribution is 7.84. The van der Waals surface area contributed by atoms with Crippen molar-refractivity contribution < 1.29 is 13.7 Å². The van der Waals surface area contributed by atoms with Crippen LogP contribution in [0.25, 0.3) is 0 Å². The molecule has 0 aliphatic heterocycles. The normalized spacial score (nSPS) is 11.5. The quantitative estimate of drug-likeness (QED) is 0.722. The molecule has 0 spiro atoms. The lowest BCUT2D eigenvalue weighted by molar-refractivity contribution is 0.240. The third kappa shape index (κ3) is 6.83. The first-order valence-corrected chi connectivity index (χ1v) is 9.50. The summed E-state index contributed by atoms with van der Waals surface area (Å²) < 4.78 is 16.6. The van der Waals surface area contributed by atoms with Gasteiger partial charge >= 0.3 is 6.03 Å². The zero-order valence-corrected chi connectivity index (χ0v) is 14.5. The highest BCUT2D eigenvalue weighted by Crippen LogP contribution is 2.20. The van der Waals surface area contributed by atoms with Gasteiger partial charge in [0, 0.05) is 35.9 Å². The second-order valence-electron chi connectivity index (χ2n) is 5.30. The van der Waals surface area contributed by atoms with Gasteiger partial charge in [0.25, 0.3) is 0 Å². The number of hydrogen-bond donors (Lipinski definition) is 2. The van der Waals surface area contributed by atoms with Crippen LogP contribution in [0.3, 0.4) is 0 Å². The zero-order chi connectivity index (χ0) is 17.2.